The highest BCUT2D eigenvalue weighted by molar-refractivity contribution is 7.19. The first-order valence-electron chi connectivity index (χ1n) is 8.11. The molecule has 3 unspecified atom stereocenters. The summed E-state index contributed by atoms with van der Waals surface area (Å²) in [6.07, 6.45) is 5.30. The quantitative estimate of drug-likeness (QED) is 0.906. The Morgan fingerprint density at radius 2 is 2.05 bits per heavy atom. The highest BCUT2D eigenvalue weighted by Crippen LogP contribution is 2.36. The van der Waals surface area contributed by atoms with Crippen LogP contribution in [0, 0.1) is 5.92 Å². The van der Waals surface area contributed by atoms with E-state index in [9.17, 15) is 0 Å². The van der Waals surface area contributed by atoms with Crippen LogP contribution in [-0.4, -0.2) is 24.5 Å². The largest absolute Gasteiger partial charge is 0.330 e. The van der Waals surface area contributed by atoms with Crippen LogP contribution in [0.4, 0.5) is 0 Å². The van der Waals surface area contributed by atoms with Gasteiger partial charge in [-0.2, -0.15) is 0 Å². The Bertz CT molecular complexity index is 559. The number of benzene rings is 1. The molecule has 3 heteroatoms. The van der Waals surface area contributed by atoms with Gasteiger partial charge in [0.05, 0.1) is 0 Å². The molecule has 114 valence electrons. The van der Waals surface area contributed by atoms with Gasteiger partial charge in [0.2, 0.25) is 0 Å². The van der Waals surface area contributed by atoms with E-state index in [-0.39, 0.29) is 0 Å². The number of nitrogens with zero attached hydrogens (tertiary/aromatic N) is 1. The SMILES string of the molecule is CC(c1cc2ccccc2s1)N(C)C1CCCCC1CN. The summed E-state index contributed by atoms with van der Waals surface area (Å²) in [5.74, 6) is 0.667. The smallest absolute Gasteiger partial charge is 0.0413 e. The van der Waals surface area contributed by atoms with Gasteiger partial charge in [-0.25, -0.2) is 0 Å². The number of fused-ring (bicyclic) bond motifs is 1. The molecule has 3 atom stereocenters. The molecule has 1 aliphatic carbocycles. The van der Waals surface area contributed by atoms with E-state index in [0.29, 0.717) is 18.0 Å². The highest BCUT2D eigenvalue weighted by Gasteiger charge is 2.30. The highest BCUT2D eigenvalue weighted by atomic mass is 32.1. The molecule has 0 saturated heterocycles. The molecular weight excluding hydrogens is 276 g/mol. The van der Waals surface area contributed by atoms with E-state index in [2.05, 4.69) is 49.2 Å². The van der Waals surface area contributed by atoms with Gasteiger partial charge < -0.3 is 5.73 Å². The third-order valence-corrected chi connectivity index (χ3v) is 6.45. The van der Waals surface area contributed by atoms with E-state index in [1.54, 1.807) is 0 Å². The van der Waals surface area contributed by atoms with Crippen molar-refractivity contribution in [2.45, 2.75) is 44.7 Å². The van der Waals surface area contributed by atoms with Crippen LogP contribution in [0.1, 0.15) is 43.5 Å². The van der Waals surface area contributed by atoms with Crippen LogP contribution in [0.5, 0.6) is 0 Å². The van der Waals surface area contributed by atoms with E-state index < -0.39 is 0 Å². The fourth-order valence-electron chi connectivity index (χ4n) is 3.70. The Labute approximate surface area is 131 Å². The summed E-state index contributed by atoms with van der Waals surface area (Å²) in [7, 11) is 2.29. The first kappa shape index (κ1) is 15.0. The standard InChI is InChI=1S/C18H26N2S/c1-13(18-11-14-7-4-6-10-17(14)21-18)20(2)16-9-5-3-8-15(16)12-19/h4,6-7,10-11,13,15-16H,3,5,8-9,12,19H2,1-2H3. The number of hydrogen-bond donors (Lipinski definition) is 1. The molecule has 2 aromatic rings. The summed E-state index contributed by atoms with van der Waals surface area (Å²) in [5.41, 5.74) is 6.01. The van der Waals surface area contributed by atoms with Crippen molar-refractivity contribution in [2.24, 2.45) is 11.7 Å². The third-order valence-electron chi connectivity index (χ3n) is 5.16. The van der Waals surface area contributed by atoms with Crippen molar-refractivity contribution in [1.29, 1.82) is 0 Å². The average molecular weight is 302 g/mol. The second-order valence-electron chi connectivity index (χ2n) is 6.38. The molecule has 1 aromatic carbocycles. The van der Waals surface area contributed by atoms with Crippen molar-refractivity contribution in [1.82, 2.24) is 4.90 Å². The molecule has 0 spiro atoms. The lowest BCUT2D eigenvalue weighted by Crippen LogP contribution is -2.43. The Morgan fingerprint density at radius 3 is 2.81 bits per heavy atom. The summed E-state index contributed by atoms with van der Waals surface area (Å²) in [6.45, 7) is 3.17. The molecule has 1 fully saturated rings. The van der Waals surface area contributed by atoms with Crippen molar-refractivity contribution in [2.75, 3.05) is 13.6 Å². The molecule has 1 aliphatic rings. The zero-order chi connectivity index (χ0) is 14.8. The molecule has 21 heavy (non-hydrogen) atoms. The normalized spacial score (nSPS) is 24.6. The van der Waals surface area contributed by atoms with Gasteiger partial charge in [0.25, 0.3) is 0 Å². The van der Waals surface area contributed by atoms with Crippen LogP contribution in [0.3, 0.4) is 0 Å². The van der Waals surface area contributed by atoms with Gasteiger partial charge in [-0.1, -0.05) is 31.0 Å². The minimum absolute atomic E-state index is 0.472. The van der Waals surface area contributed by atoms with Crippen LogP contribution in [0.25, 0.3) is 10.1 Å². The number of nitrogens with two attached hydrogens (primary N) is 1. The molecule has 0 aliphatic heterocycles. The van der Waals surface area contributed by atoms with Gasteiger partial charge in [0, 0.05) is 21.7 Å². The minimum Gasteiger partial charge on any atom is -0.330 e. The Balaban J connectivity index is 1.81. The lowest BCUT2D eigenvalue weighted by atomic mass is 9.83. The second-order valence-corrected chi connectivity index (χ2v) is 7.49. The van der Waals surface area contributed by atoms with Crippen LogP contribution < -0.4 is 5.73 Å². The van der Waals surface area contributed by atoms with Gasteiger partial charge in [0.15, 0.2) is 0 Å². The topological polar surface area (TPSA) is 29.3 Å². The second kappa shape index (κ2) is 6.47. The average Bonchev–Trinajstić information content (AvgIpc) is 2.97. The van der Waals surface area contributed by atoms with Gasteiger partial charge in [-0.15, -0.1) is 11.3 Å². The maximum absolute atomic E-state index is 6.01. The molecule has 2 N–H and O–H groups in total. The lowest BCUT2D eigenvalue weighted by Gasteiger charge is -2.40. The molecular formula is C18H26N2S. The van der Waals surface area contributed by atoms with E-state index in [1.807, 2.05) is 11.3 Å². The molecule has 0 amide bonds. The van der Waals surface area contributed by atoms with Crippen molar-refractivity contribution < 1.29 is 0 Å². The predicted molar refractivity (Wildman–Crippen MR) is 92.8 cm³/mol. The van der Waals surface area contributed by atoms with Gasteiger partial charge in [-0.05, 0) is 56.8 Å². The maximum atomic E-state index is 6.01. The predicted octanol–water partition coefficient (Wildman–Crippen LogP) is 4.41. The first-order chi connectivity index (χ1) is 10.2. The molecule has 0 radical (unpaired) electrons. The van der Waals surface area contributed by atoms with Gasteiger partial charge >= 0.3 is 0 Å². The molecule has 2 nitrogen and oxygen atoms in total. The van der Waals surface area contributed by atoms with E-state index >= 15 is 0 Å². The molecule has 3 rings (SSSR count). The van der Waals surface area contributed by atoms with Gasteiger partial charge in [0.1, 0.15) is 0 Å². The van der Waals surface area contributed by atoms with E-state index in [1.165, 1.54) is 40.6 Å². The summed E-state index contributed by atoms with van der Waals surface area (Å²) < 4.78 is 1.40. The summed E-state index contributed by atoms with van der Waals surface area (Å²) in [6, 6.07) is 12.2. The first-order valence-corrected chi connectivity index (χ1v) is 8.93. The minimum atomic E-state index is 0.472. The fraction of sp³-hybridized carbons (Fsp3) is 0.556. The Hall–Kier alpha value is -0.900. The van der Waals surface area contributed by atoms with Crippen LogP contribution in [0.2, 0.25) is 0 Å². The van der Waals surface area contributed by atoms with E-state index in [0.717, 1.165) is 6.54 Å². The Kier molecular flexibility index (Phi) is 4.63. The Morgan fingerprint density at radius 1 is 1.29 bits per heavy atom. The summed E-state index contributed by atoms with van der Waals surface area (Å²) in [5, 5.41) is 1.37. The third kappa shape index (κ3) is 3.01. The zero-order valence-corrected chi connectivity index (χ0v) is 13.9. The number of hydrogen-bond acceptors (Lipinski definition) is 3. The lowest BCUT2D eigenvalue weighted by molar-refractivity contribution is 0.100. The molecule has 1 saturated carbocycles. The molecule has 0 bridgehead atoms. The monoisotopic (exact) mass is 302 g/mol. The van der Waals surface area contributed by atoms with Crippen molar-refractivity contribution in [3.8, 4) is 0 Å². The van der Waals surface area contributed by atoms with Gasteiger partial charge in [-0.3, -0.25) is 4.90 Å². The van der Waals surface area contributed by atoms with Crippen LogP contribution in [0.15, 0.2) is 30.3 Å². The van der Waals surface area contributed by atoms with Crippen LogP contribution >= 0.6 is 11.3 Å². The van der Waals surface area contributed by atoms with Crippen LogP contribution in [-0.2, 0) is 0 Å². The summed E-state index contributed by atoms with van der Waals surface area (Å²) >= 11 is 1.93. The number of rotatable bonds is 4. The fourth-order valence-corrected chi connectivity index (χ4v) is 4.86. The molecule has 1 heterocycles. The van der Waals surface area contributed by atoms with Crippen molar-refractivity contribution in [3.63, 3.8) is 0 Å². The van der Waals surface area contributed by atoms with Crippen molar-refractivity contribution in [3.05, 3.63) is 35.2 Å². The van der Waals surface area contributed by atoms with Crippen molar-refractivity contribution >= 4 is 21.4 Å². The zero-order valence-electron chi connectivity index (χ0n) is 13.1. The summed E-state index contributed by atoms with van der Waals surface area (Å²) in [4.78, 5) is 4.04. The maximum Gasteiger partial charge on any atom is 0.0413 e. The van der Waals surface area contributed by atoms with E-state index in [4.69, 9.17) is 5.73 Å². The number of thiophene rings is 1. The molecule has 1 aromatic heterocycles.